The van der Waals surface area contributed by atoms with Gasteiger partial charge in [0.2, 0.25) is 11.9 Å². The minimum absolute atomic E-state index is 0.0228. The lowest BCUT2D eigenvalue weighted by atomic mass is 10.0. The Morgan fingerprint density at radius 1 is 0.696 bits per heavy atom. The summed E-state index contributed by atoms with van der Waals surface area (Å²) in [5.74, 6) is 2.40. The van der Waals surface area contributed by atoms with Gasteiger partial charge in [-0.1, -0.05) is 29.8 Å². The van der Waals surface area contributed by atoms with Crippen LogP contribution < -0.4 is 45.7 Å². The Labute approximate surface area is 397 Å². The van der Waals surface area contributed by atoms with Gasteiger partial charge in [0.25, 0.3) is 0 Å². The van der Waals surface area contributed by atoms with Crippen LogP contribution in [-0.4, -0.2) is 108 Å². The zero-order valence-corrected chi connectivity index (χ0v) is 38.5. The fourth-order valence-electron chi connectivity index (χ4n) is 8.50. The predicted molar refractivity (Wildman–Crippen MR) is 264 cm³/mol. The topological polar surface area (TPSA) is 211 Å². The van der Waals surface area contributed by atoms with Crippen LogP contribution in [0.3, 0.4) is 0 Å². The molecule has 8 aromatic rings. The number of carbonyl (C=O) groups is 1. The first-order chi connectivity index (χ1) is 33.6. The number of nitrogens with one attached hydrogen (secondary N) is 3. The van der Waals surface area contributed by atoms with Gasteiger partial charge in [-0.2, -0.15) is 4.98 Å². The number of nitrogens with two attached hydrogens (primary N) is 1. The molecular formula is C51H51FN12O5. The van der Waals surface area contributed by atoms with E-state index in [1.165, 1.54) is 48.6 Å². The molecule has 0 radical (unpaired) electrons. The molecule has 6 N–H and O–H groups in total. The van der Waals surface area contributed by atoms with Crippen LogP contribution in [0.15, 0.2) is 116 Å². The fourth-order valence-corrected chi connectivity index (χ4v) is 8.50. The number of nitrogens with zero attached hydrogens (tertiary/aromatic N) is 8. The number of carbonyl (C=O) groups excluding carboxylic acids is 1. The molecule has 0 bridgehead atoms. The average molecular weight is 931 g/mol. The summed E-state index contributed by atoms with van der Waals surface area (Å²) in [7, 11) is 4.74. The predicted octanol–water partition coefficient (Wildman–Crippen LogP) is 6.71. The number of nitrogen functional groups attached to an aromatic ring is 1. The number of benzene rings is 4. The van der Waals surface area contributed by atoms with Gasteiger partial charge in [0.1, 0.15) is 29.2 Å². The number of anilines is 4. The van der Waals surface area contributed by atoms with Gasteiger partial charge in [0.05, 0.1) is 49.8 Å². The van der Waals surface area contributed by atoms with E-state index >= 15 is 0 Å². The molecule has 2 aliphatic heterocycles. The first-order valence-corrected chi connectivity index (χ1v) is 22.3. The molecule has 4 aromatic carbocycles. The van der Waals surface area contributed by atoms with Crippen LogP contribution >= 0.6 is 0 Å². The number of methoxy groups -OCH3 is 3. The summed E-state index contributed by atoms with van der Waals surface area (Å²) >= 11 is 0. The largest absolute Gasteiger partial charge is 0.504 e. The number of phenolic OH excluding ortho intramolecular Hbond substituents is 1. The Balaban J connectivity index is 0.000000172. The van der Waals surface area contributed by atoms with Gasteiger partial charge in [-0.25, -0.2) is 29.3 Å². The number of aryl methyl sites for hydroxylation is 1. The number of ether oxygens (including phenoxy) is 3. The standard InChI is InChI=1S/C26H27N5O2.C25H24FN7O3/c1-17-4-6-18(7-5-17)22-15-27-12-13-31(22)26-25-21(28-16-29-26)10-9-20(30-25)19-8-11-23(32-2)24(14-19)33-3;1-36-21-12-14(2-9-20(21)34)17-7-8-18-22(30-17)23(32-25(27)31-18)33-11-10-28-13-19(33)24(35)29-16-5-3-15(26)4-6-16/h4-11,14,16,22,27H,12-13,15H2,1-3H3;2-9,12,19,28,34H,10-11,13H2,1H3,(H,29,35)(H2,27,31,32). The number of amides is 1. The number of piperazine rings is 2. The van der Waals surface area contributed by atoms with Crippen LogP contribution in [0.25, 0.3) is 44.6 Å². The van der Waals surface area contributed by atoms with Crippen molar-refractivity contribution < 1.29 is 28.5 Å². The first kappa shape index (κ1) is 45.9. The molecule has 2 unspecified atom stereocenters. The molecule has 0 aliphatic carbocycles. The minimum atomic E-state index is -0.625. The highest BCUT2D eigenvalue weighted by Crippen LogP contribution is 2.36. The molecule has 69 heavy (non-hydrogen) atoms. The van der Waals surface area contributed by atoms with Crippen molar-refractivity contribution in [2.24, 2.45) is 0 Å². The molecule has 2 atom stereocenters. The third kappa shape index (κ3) is 9.93. The van der Waals surface area contributed by atoms with Crippen LogP contribution in [0.2, 0.25) is 0 Å². The second-order valence-corrected chi connectivity index (χ2v) is 16.4. The molecule has 18 heteroatoms. The monoisotopic (exact) mass is 930 g/mol. The molecule has 6 heterocycles. The molecule has 352 valence electrons. The van der Waals surface area contributed by atoms with Crippen molar-refractivity contribution >= 4 is 51.2 Å². The van der Waals surface area contributed by atoms with Gasteiger partial charge < -0.3 is 50.8 Å². The van der Waals surface area contributed by atoms with E-state index in [0.29, 0.717) is 65.1 Å². The third-order valence-corrected chi connectivity index (χ3v) is 12.1. The number of rotatable bonds is 10. The Morgan fingerprint density at radius 2 is 1.33 bits per heavy atom. The fraction of sp³-hybridized carbons (Fsp3) is 0.235. The highest BCUT2D eigenvalue weighted by molar-refractivity contribution is 5.99. The van der Waals surface area contributed by atoms with Crippen LogP contribution in [0, 0.1) is 12.7 Å². The lowest BCUT2D eigenvalue weighted by molar-refractivity contribution is -0.117. The normalized spacial score (nSPS) is 15.8. The second kappa shape index (κ2) is 20.3. The van der Waals surface area contributed by atoms with Crippen molar-refractivity contribution in [2.75, 3.05) is 81.4 Å². The highest BCUT2D eigenvalue weighted by Gasteiger charge is 2.32. The molecule has 4 aromatic heterocycles. The van der Waals surface area contributed by atoms with Crippen molar-refractivity contribution in [3.8, 4) is 45.5 Å². The number of halogens is 1. The average Bonchev–Trinajstić information content (AvgIpc) is 3.39. The van der Waals surface area contributed by atoms with E-state index in [4.69, 9.17) is 34.9 Å². The summed E-state index contributed by atoms with van der Waals surface area (Å²) in [6, 6.07) is 32.2. The Kier molecular flexibility index (Phi) is 13.5. The zero-order valence-electron chi connectivity index (χ0n) is 38.5. The van der Waals surface area contributed by atoms with Gasteiger partial charge >= 0.3 is 0 Å². The molecule has 2 fully saturated rings. The maximum atomic E-state index is 13.3. The van der Waals surface area contributed by atoms with E-state index in [2.05, 4.69) is 67.0 Å². The van der Waals surface area contributed by atoms with E-state index < -0.39 is 6.04 Å². The Bertz CT molecular complexity index is 3130. The van der Waals surface area contributed by atoms with Gasteiger partial charge in [0, 0.05) is 56.1 Å². The molecule has 17 nitrogen and oxygen atoms in total. The lowest BCUT2D eigenvalue weighted by Gasteiger charge is -2.37. The molecule has 1 amide bonds. The number of aromatic nitrogens is 6. The summed E-state index contributed by atoms with van der Waals surface area (Å²) < 4.78 is 29.4. The zero-order chi connectivity index (χ0) is 48.0. The maximum Gasteiger partial charge on any atom is 0.248 e. The van der Waals surface area contributed by atoms with Crippen molar-refractivity contribution in [2.45, 2.75) is 19.0 Å². The van der Waals surface area contributed by atoms with Crippen molar-refractivity contribution in [3.05, 3.63) is 132 Å². The van der Waals surface area contributed by atoms with Crippen molar-refractivity contribution in [1.29, 1.82) is 0 Å². The molecule has 2 aliphatic rings. The number of pyridine rings is 2. The van der Waals surface area contributed by atoms with Gasteiger partial charge in [-0.3, -0.25) is 4.79 Å². The van der Waals surface area contributed by atoms with Crippen molar-refractivity contribution in [1.82, 2.24) is 40.5 Å². The first-order valence-electron chi connectivity index (χ1n) is 22.3. The number of aromatic hydroxyl groups is 1. The van der Waals surface area contributed by atoms with E-state index in [-0.39, 0.29) is 29.5 Å². The SMILES string of the molecule is COc1cc(-c2ccc3nc(N)nc(N4CCNCC4C(=O)Nc4ccc(F)cc4)c3n2)ccc1O.COc1ccc(-c2ccc3ncnc(N4CCNCC4c4ccc(C)cc4)c3n2)cc1OC. The molecule has 0 saturated carbocycles. The van der Waals surface area contributed by atoms with Crippen LogP contribution in [0.4, 0.5) is 27.7 Å². The quantitative estimate of drug-likeness (QED) is 0.0965. The number of hydrogen-bond donors (Lipinski definition) is 5. The molecule has 0 spiro atoms. The number of fused-ring (bicyclic) bond motifs is 2. The molecule has 10 rings (SSSR count). The number of hydrogen-bond acceptors (Lipinski definition) is 16. The maximum absolute atomic E-state index is 13.3. The van der Waals surface area contributed by atoms with E-state index in [1.54, 1.807) is 44.8 Å². The summed E-state index contributed by atoms with van der Waals surface area (Å²) in [5, 5.41) is 19.5. The Morgan fingerprint density at radius 3 is 2.04 bits per heavy atom. The molecule has 2 saturated heterocycles. The summed E-state index contributed by atoms with van der Waals surface area (Å²) in [5.41, 5.74) is 14.8. The minimum Gasteiger partial charge on any atom is -0.504 e. The van der Waals surface area contributed by atoms with E-state index in [9.17, 15) is 14.3 Å². The Hall–Kier alpha value is -8.22. The van der Waals surface area contributed by atoms with Crippen LogP contribution in [0.1, 0.15) is 17.2 Å². The summed E-state index contributed by atoms with van der Waals surface area (Å²) in [6.07, 6.45) is 1.63. The van der Waals surface area contributed by atoms with Crippen LogP contribution in [-0.2, 0) is 4.79 Å². The van der Waals surface area contributed by atoms with Gasteiger partial charge in [0.15, 0.2) is 34.6 Å². The van der Waals surface area contributed by atoms with Gasteiger partial charge in [-0.15, -0.1) is 0 Å². The van der Waals surface area contributed by atoms with Crippen LogP contribution in [0.5, 0.6) is 23.0 Å². The van der Waals surface area contributed by atoms with E-state index in [0.717, 1.165) is 53.3 Å². The highest BCUT2D eigenvalue weighted by atomic mass is 19.1. The summed E-state index contributed by atoms with van der Waals surface area (Å²) in [4.78, 5) is 45.2. The molecular weight excluding hydrogens is 880 g/mol. The smallest absolute Gasteiger partial charge is 0.248 e. The lowest BCUT2D eigenvalue weighted by Crippen LogP contribution is -2.57. The van der Waals surface area contributed by atoms with Crippen molar-refractivity contribution in [3.63, 3.8) is 0 Å². The van der Waals surface area contributed by atoms with E-state index in [1.807, 2.05) is 35.2 Å². The third-order valence-electron chi connectivity index (χ3n) is 12.1. The second-order valence-electron chi connectivity index (χ2n) is 16.4. The van der Waals surface area contributed by atoms with Gasteiger partial charge in [-0.05, 0) is 97.4 Å². The number of phenols is 1. The summed E-state index contributed by atoms with van der Waals surface area (Å²) in [6.45, 7) is 6.16.